The first-order valence-electron chi connectivity index (χ1n) is 6.45. The first-order chi connectivity index (χ1) is 9.61. The number of aliphatic hydroxyl groups is 1. The number of aliphatic hydroxyl groups excluding tert-OH is 1. The van der Waals surface area contributed by atoms with Crippen molar-refractivity contribution in [3.8, 4) is 5.75 Å². The predicted molar refractivity (Wildman–Crippen MR) is 81.0 cm³/mol. The number of hydrogen-bond donors (Lipinski definition) is 2. The van der Waals surface area contributed by atoms with Gasteiger partial charge in [0.05, 0.1) is 17.7 Å². The SMILES string of the molecule is Cc1cc(C(N)CO)cc(Cl)c1OCc1ccccc1. The zero-order valence-electron chi connectivity index (χ0n) is 11.3. The number of halogens is 1. The van der Waals surface area contributed by atoms with E-state index in [4.69, 9.17) is 27.2 Å². The monoisotopic (exact) mass is 291 g/mol. The van der Waals surface area contributed by atoms with Crippen LogP contribution in [0.4, 0.5) is 0 Å². The van der Waals surface area contributed by atoms with Gasteiger partial charge in [-0.2, -0.15) is 0 Å². The molecule has 0 amide bonds. The molecule has 0 aliphatic carbocycles. The maximum Gasteiger partial charge on any atom is 0.141 e. The third-order valence-electron chi connectivity index (χ3n) is 3.10. The minimum Gasteiger partial charge on any atom is -0.487 e. The molecule has 106 valence electrons. The van der Waals surface area contributed by atoms with Crippen molar-refractivity contribution in [1.29, 1.82) is 0 Å². The summed E-state index contributed by atoms with van der Waals surface area (Å²) in [6, 6.07) is 13.1. The summed E-state index contributed by atoms with van der Waals surface area (Å²) >= 11 is 6.24. The molecule has 0 saturated heterocycles. The van der Waals surface area contributed by atoms with Gasteiger partial charge in [-0.3, -0.25) is 0 Å². The molecule has 2 aromatic carbocycles. The second-order valence-corrected chi connectivity index (χ2v) is 5.12. The molecular weight excluding hydrogens is 274 g/mol. The molecule has 3 nitrogen and oxygen atoms in total. The maximum absolute atomic E-state index is 9.09. The zero-order chi connectivity index (χ0) is 14.5. The minimum absolute atomic E-state index is 0.111. The molecule has 0 spiro atoms. The summed E-state index contributed by atoms with van der Waals surface area (Å²) in [6.45, 7) is 2.27. The Hall–Kier alpha value is -1.55. The van der Waals surface area contributed by atoms with Crippen molar-refractivity contribution in [3.63, 3.8) is 0 Å². The molecular formula is C16H18ClNO2. The number of hydrogen-bond acceptors (Lipinski definition) is 3. The molecule has 0 aliphatic heterocycles. The lowest BCUT2D eigenvalue weighted by Gasteiger charge is -2.15. The van der Waals surface area contributed by atoms with Crippen LogP contribution in [0.3, 0.4) is 0 Å². The molecule has 0 heterocycles. The lowest BCUT2D eigenvalue weighted by Crippen LogP contribution is -2.14. The number of rotatable bonds is 5. The van der Waals surface area contributed by atoms with E-state index in [1.807, 2.05) is 43.3 Å². The second-order valence-electron chi connectivity index (χ2n) is 4.71. The summed E-state index contributed by atoms with van der Waals surface area (Å²) in [5, 5.41) is 9.61. The highest BCUT2D eigenvalue weighted by molar-refractivity contribution is 6.32. The Labute approximate surface area is 123 Å². The summed E-state index contributed by atoms with van der Waals surface area (Å²) in [4.78, 5) is 0. The lowest BCUT2D eigenvalue weighted by atomic mass is 10.0. The van der Waals surface area contributed by atoms with E-state index in [2.05, 4.69) is 0 Å². The van der Waals surface area contributed by atoms with Gasteiger partial charge < -0.3 is 15.6 Å². The van der Waals surface area contributed by atoms with Crippen LogP contribution in [-0.2, 0) is 6.61 Å². The van der Waals surface area contributed by atoms with Gasteiger partial charge in [0.1, 0.15) is 12.4 Å². The van der Waals surface area contributed by atoms with Crippen molar-refractivity contribution in [1.82, 2.24) is 0 Å². The van der Waals surface area contributed by atoms with Gasteiger partial charge in [0.15, 0.2) is 0 Å². The normalized spacial score (nSPS) is 12.2. The smallest absolute Gasteiger partial charge is 0.141 e. The lowest BCUT2D eigenvalue weighted by molar-refractivity contribution is 0.267. The molecule has 2 rings (SSSR count). The van der Waals surface area contributed by atoms with Crippen molar-refractivity contribution >= 4 is 11.6 Å². The Morgan fingerprint density at radius 3 is 2.55 bits per heavy atom. The highest BCUT2D eigenvalue weighted by Gasteiger charge is 2.12. The topological polar surface area (TPSA) is 55.5 Å². The molecule has 3 N–H and O–H groups in total. The molecule has 0 aromatic heterocycles. The molecule has 0 radical (unpaired) electrons. The molecule has 20 heavy (non-hydrogen) atoms. The third kappa shape index (κ3) is 3.51. The van der Waals surface area contributed by atoms with E-state index in [9.17, 15) is 0 Å². The highest BCUT2D eigenvalue weighted by Crippen LogP contribution is 2.32. The van der Waals surface area contributed by atoms with E-state index >= 15 is 0 Å². The van der Waals surface area contributed by atoms with Crippen LogP contribution in [0.1, 0.15) is 22.7 Å². The van der Waals surface area contributed by atoms with Crippen LogP contribution in [0.25, 0.3) is 0 Å². The quantitative estimate of drug-likeness (QED) is 0.889. The molecule has 0 fully saturated rings. The molecule has 1 atom stereocenters. The first kappa shape index (κ1) is 14.9. The van der Waals surface area contributed by atoms with Crippen molar-refractivity contribution in [2.24, 2.45) is 5.73 Å². The fourth-order valence-corrected chi connectivity index (χ4v) is 2.32. The van der Waals surface area contributed by atoms with Crippen LogP contribution in [-0.4, -0.2) is 11.7 Å². The summed E-state index contributed by atoms with van der Waals surface area (Å²) in [7, 11) is 0. The van der Waals surface area contributed by atoms with Crippen molar-refractivity contribution in [3.05, 3.63) is 64.2 Å². The molecule has 2 aromatic rings. The molecule has 0 aliphatic rings. The standard InChI is InChI=1S/C16H18ClNO2/c1-11-7-13(15(18)9-19)8-14(17)16(11)20-10-12-5-3-2-4-6-12/h2-8,15,19H,9-10,18H2,1H3. The summed E-state index contributed by atoms with van der Waals surface area (Å²) in [6.07, 6.45) is 0. The summed E-state index contributed by atoms with van der Waals surface area (Å²) in [5.41, 5.74) is 8.60. The molecule has 0 saturated carbocycles. The number of ether oxygens (including phenoxy) is 1. The fraction of sp³-hybridized carbons (Fsp3) is 0.250. The van der Waals surface area contributed by atoms with Crippen molar-refractivity contribution < 1.29 is 9.84 Å². The highest BCUT2D eigenvalue weighted by atomic mass is 35.5. The summed E-state index contributed by atoms with van der Waals surface area (Å²) < 4.78 is 5.79. The Morgan fingerprint density at radius 2 is 1.95 bits per heavy atom. The minimum atomic E-state index is -0.422. The zero-order valence-corrected chi connectivity index (χ0v) is 12.1. The van der Waals surface area contributed by atoms with Gasteiger partial charge in [0.25, 0.3) is 0 Å². The van der Waals surface area contributed by atoms with Gasteiger partial charge in [-0.15, -0.1) is 0 Å². The van der Waals surface area contributed by atoms with E-state index in [0.717, 1.165) is 16.7 Å². The average Bonchev–Trinajstić information content (AvgIpc) is 2.46. The van der Waals surface area contributed by atoms with Crippen LogP contribution in [0, 0.1) is 6.92 Å². The number of aryl methyl sites for hydroxylation is 1. The second kappa shape index (κ2) is 6.75. The van der Waals surface area contributed by atoms with Crippen molar-refractivity contribution in [2.75, 3.05) is 6.61 Å². The Kier molecular flexibility index (Phi) is 5.01. The molecule has 1 unspecified atom stereocenters. The Morgan fingerprint density at radius 1 is 1.25 bits per heavy atom. The van der Waals surface area contributed by atoms with Gasteiger partial charge in [-0.25, -0.2) is 0 Å². The van der Waals surface area contributed by atoms with Crippen LogP contribution in [0.15, 0.2) is 42.5 Å². The third-order valence-corrected chi connectivity index (χ3v) is 3.38. The van der Waals surface area contributed by atoms with Crippen LogP contribution in [0.5, 0.6) is 5.75 Å². The van der Waals surface area contributed by atoms with Gasteiger partial charge in [-0.1, -0.05) is 48.0 Å². The van der Waals surface area contributed by atoms with E-state index in [-0.39, 0.29) is 6.61 Å². The summed E-state index contributed by atoms with van der Waals surface area (Å²) in [5.74, 6) is 0.657. The number of benzene rings is 2. The fourth-order valence-electron chi connectivity index (χ4n) is 1.99. The van der Waals surface area contributed by atoms with E-state index in [1.54, 1.807) is 6.07 Å². The molecule has 4 heteroatoms. The maximum atomic E-state index is 9.09. The predicted octanol–water partition coefficient (Wildman–Crippen LogP) is 3.22. The van der Waals surface area contributed by atoms with Gasteiger partial charge in [-0.05, 0) is 29.7 Å². The Bertz CT molecular complexity index is 549. The molecule has 0 bridgehead atoms. The van der Waals surface area contributed by atoms with E-state index < -0.39 is 6.04 Å². The van der Waals surface area contributed by atoms with Crippen LogP contribution in [0.2, 0.25) is 5.02 Å². The van der Waals surface area contributed by atoms with Gasteiger partial charge in [0, 0.05) is 0 Å². The van der Waals surface area contributed by atoms with Crippen molar-refractivity contribution in [2.45, 2.75) is 19.6 Å². The van der Waals surface area contributed by atoms with E-state index in [1.165, 1.54) is 0 Å². The van der Waals surface area contributed by atoms with Gasteiger partial charge in [0.2, 0.25) is 0 Å². The van der Waals surface area contributed by atoms with E-state index in [0.29, 0.717) is 17.4 Å². The first-order valence-corrected chi connectivity index (χ1v) is 6.83. The Balaban J connectivity index is 2.16. The van der Waals surface area contributed by atoms with Crippen LogP contribution >= 0.6 is 11.6 Å². The average molecular weight is 292 g/mol. The largest absolute Gasteiger partial charge is 0.487 e. The van der Waals surface area contributed by atoms with Gasteiger partial charge >= 0.3 is 0 Å². The number of nitrogens with two attached hydrogens (primary N) is 1. The van der Waals surface area contributed by atoms with Crippen LogP contribution < -0.4 is 10.5 Å².